The predicted molar refractivity (Wildman–Crippen MR) is 101 cm³/mol. The summed E-state index contributed by atoms with van der Waals surface area (Å²) in [4.78, 5) is 12.5. The Morgan fingerprint density at radius 2 is 2.22 bits per heavy atom. The van der Waals surface area contributed by atoms with E-state index in [4.69, 9.17) is 9.47 Å². The summed E-state index contributed by atoms with van der Waals surface area (Å²) in [5.41, 5.74) is 1.24. The van der Waals surface area contributed by atoms with Gasteiger partial charge in [0.2, 0.25) is 0 Å². The van der Waals surface area contributed by atoms with Gasteiger partial charge in [0.1, 0.15) is 5.75 Å². The molecule has 0 saturated carbocycles. The van der Waals surface area contributed by atoms with Crippen molar-refractivity contribution in [1.82, 2.24) is 20.3 Å². The van der Waals surface area contributed by atoms with E-state index in [2.05, 4.69) is 15.6 Å². The number of rotatable bonds is 6. The zero-order valence-corrected chi connectivity index (χ0v) is 15.2. The molecule has 0 bridgehead atoms. The second-order valence-electron chi connectivity index (χ2n) is 6.61. The number of nitrogens with one attached hydrogen (secondary N) is 1. The summed E-state index contributed by atoms with van der Waals surface area (Å²) in [5.74, 6) is 0.486. The maximum absolute atomic E-state index is 12.5. The van der Waals surface area contributed by atoms with Crippen molar-refractivity contribution in [3.63, 3.8) is 0 Å². The van der Waals surface area contributed by atoms with Gasteiger partial charge in [-0.15, -0.1) is 5.10 Å². The molecule has 2 aromatic carbocycles. The zero-order chi connectivity index (χ0) is 18.6. The normalized spacial score (nSPS) is 16.6. The summed E-state index contributed by atoms with van der Waals surface area (Å²) in [5, 5.41) is 13.1. The van der Waals surface area contributed by atoms with Gasteiger partial charge in [0.25, 0.3) is 5.91 Å². The third-order valence-corrected chi connectivity index (χ3v) is 4.83. The minimum Gasteiger partial charge on any atom is -0.496 e. The van der Waals surface area contributed by atoms with Crippen LogP contribution in [0.25, 0.3) is 10.8 Å². The lowest BCUT2D eigenvalue weighted by Gasteiger charge is -2.12. The van der Waals surface area contributed by atoms with Gasteiger partial charge in [-0.2, -0.15) is 0 Å². The van der Waals surface area contributed by atoms with Crippen molar-refractivity contribution >= 4 is 16.7 Å². The largest absolute Gasteiger partial charge is 0.496 e. The number of benzene rings is 2. The van der Waals surface area contributed by atoms with Crippen LogP contribution in [0.1, 0.15) is 28.9 Å². The number of methoxy groups -OCH3 is 1. The Kier molecular flexibility index (Phi) is 5.02. The fourth-order valence-corrected chi connectivity index (χ4v) is 3.44. The number of fused-ring (bicyclic) bond motifs is 1. The molecule has 7 heteroatoms. The Labute approximate surface area is 157 Å². The van der Waals surface area contributed by atoms with Gasteiger partial charge in [0, 0.05) is 18.7 Å². The third-order valence-electron chi connectivity index (χ3n) is 4.83. The molecule has 1 fully saturated rings. The molecule has 27 heavy (non-hydrogen) atoms. The molecule has 140 valence electrons. The summed E-state index contributed by atoms with van der Waals surface area (Å²) >= 11 is 0. The second-order valence-corrected chi connectivity index (χ2v) is 6.61. The van der Waals surface area contributed by atoms with Gasteiger partial charge in [-0.25, -0.2) is 4.68 Å². The SMILES string of the molecule is COc1ccc2ccccc2c1CNC(=O)c1cn(C[C@H]2CCCO2)nn1. The van der Waals surface area contributed by atoms with Crippen molar-refractivity contribution in [1.29, 1.82) is 0 Å². The van der Waals surface area contributed by atoms with Crippen LogP contribution in [0.2, 0.25) is 0 Å². The predicted octanol–water partition coefficient (Wildman–Crippen LogP) is 2.55. The van der Waals surface area contributed by atoms with Crippen LogP contribution >= 0.6 is 0 Å². The van der Waals surface area contributed by atoms with Crippen molar-refractivity contribution < 1.29 is 14.3 Å². The van der Waals surface area contributed by atoms with E-state index >= 15 is 0 Å². The average molecular weight is 366 g/mol. The molecule has 1 amide bonds. The summed E-state index contributed by atoms with van der Waals surface area (Å²) in [6.45, 7) is 1.76. The molecule has 7 nitrogen and oxygen atoms in total. The Morgan fingerprint density at radius 3 is 3.04 bits per heavy atom. The molecule has 0 aliphatic carbocycles. The Hall–Kier alpha value is -2.93. The zero-order valence-electron chi connectivity index (χ0n) is 15.2. The monoisotopic (exact) mass is 366 g/mol. The highest BCUT2D eigenvalue weighted by Gasteiger charge is 2.18. The lowest BCUT2D eigenvalue weighted by molar-refractivity contribution is 0.0929. The highest BCUT2D eigenvalue weighted by molar-refractivity contribution is 5.93. The van der Waals surface area contributed by atoms with Crippen LogP contribution in [-0.2, 0) is 17.8 Å². The van der Waals surface area contributed by atoms with Gasteiger partial charge >= 0.3 is 0 Å². The number of carbonyl (C=O) groups excluding carboxylic acids is 1. The van der Waals surface area contributed by atoms with Gasteiger partial charge < -0.3 is 14.8 Å². The van der Waals surface area contributed by atoms with Gasteiger partial charge in [-0.05, 0) is 29.7 Å². The van der Waals surface area contributed by atoms with E-state index in [1.807, 2.05) is 36.4 Å². The molecule has 1 saturated heterocycles. The fraction of sp³-hybridized carbons (Fsp3) is 0.350. The fourth-order valence-electron chi connectivity index (χ4n) is 3.44. The van der Waals surface area contributed by atoms with Crippen LogP contribution in [0.4, 0.5) is 0 Å². The van der Waals surface area contributed by atoms with Crippen molar-refractivity contribution in [3.8, 4) is 5.75 Å². The first kappa shape index (κ1) is 17.5. The molecular formula is C20H22N4O3. The number of hydrogen-bond acceptors (Lipinski definition) is 5. The molecule has 1 aromatic heterocycles. The first-order valence-corrected chi connectivity index (χ1v) is 9.09. The van der Waals surface area contributed by atoms with E-state index in [9.17, 15) is 4.79 Å². The number of aromatic nitrogens is 3. The van der Waals surface area contributed by atoms with E-state index < -0.39 is 0 Å². The first-order chi connectivity index (χ1) is 13.2. The van der Waals surface area contributed by atoms with Crippen LogP contribution in [0, 0.1) is 0 Å². The minimum absolute atomic E-state index is 0.155. The van der Waals surface area contributed by atoms with Crippen molar-refractivity contribution in [2.24, 2.45) is 0 Å². The number of hydrogen-bond donors (Lipinski definition) is 1. The lowest BCUT2D eigenvalue weighted by atomic mass is 10.0. The Balaban J connectivity index is 1.46. The highest BCUT2D eigenvalue weighted by atomic mass is 16.5. The molecule has 0 spiro atoms. The van der Waals surface area contributed by atoms with Crippen LogP contribution in [0.15, 0.2) is 42.6 Å². The van der Waals surface area contributed by atoms with Gasteiger partial charge in [-0.3, -0.25) is 4.79 Å². The van der Waals surface area contributed by atoms with E-state index in [0.29, 0.717) is 18.8 Å². The van der Waals surface area contributed by atoms with Crippen molar-refractivity contribution in [3.05, 3.63) is 53.9 Å². The molecule has 0 unspecified atom stereocenters. The smallest absolute Gasteiger partial charge is 0.273 e. The second kappa shape index (κ2) is 7.75. The minimum atomic E-state index is -0.261. The molecule has 1 aliphatic rings. The van der Waals surface area contributed by atoms with Gasteiger partial charge in [-0.1, -0.05) is 35.5 Å². The van der Waals surface area contributed by atoms with Crippen molar-refractivity contribution in [2.75, 3.05) is 13.7 Å². The maximum Gasteiger partial charge on any atom is 0.273 e. The summed E-state index contributed by atoms with van der Waals surface area (Å²) < 4.78 is 12.7. The van der Waals surface area contributed by atoms with Crippen molar-refractivity contribution in [2.45, 2.75) is 32.0 Å². The van der Waals surface area contributed by atoms with E-state index in [-0.39, 0.29) is 12.0 Å². The number of amides is 1. The molecule has 1 N–H and O–H groups in total. The number of nitrogens with zero attached hydrogens (tertiary/aromatic N) is 3. The van der Waals surface area contributed by atoms with Crippen LogP contribution in [-0.4, -0.2) is 40.7 Å². The molecule has 2 heterocycles. The number of carbonyl (C=O) groups is 1. The van der Waals surface area contributed by atoms with E-state index in [1.165, 1.54) is 0 Å². The summed E-state index contributed by atoms with van der Waals surface area (Å²) in [7, 11) is 1.63. The molecule has 3 aromatic rings. The lowest BCUT2D eigenvalue weighted by Crippen LogP contribution is -2.23. The molecule has 1 aliphatic heterocycles. The Morgan fingerprint density at radius 1 is 1.33 bits per heavy atom. The maximum atomic E-state index is 12.5. The quantitative estimate of drug-likeness (QED) is 0.725. The molecule has 1 atom stereocenters. The van der Waals surface area contributed by atoms with Crippen LogP contribution in [0.3, 0.4) is 0 Å². The third kappa shape index (κ3) is 3.78. The summed E-state index contributed by atoms with van der Waals surface area (Å²) in [6.07, 6.45) is 3.90. The first-order valence-electron chi connectivity index (χ1n) is 9.09. The highest BCUT2D eigenvalue weighted by Crippen LogP contribution is 2.27. The van der Waals surface area contributed by atoms with E-state index in [0.717, 1.165) is 41.5 Å². The average Bonchev–Trinajstić information content (AvgIpc) is 3.38. The van der Waals surface area contributed by atoms with E-state index in [1.54, 1.807) is 18.0 Å². The standard InChI is InChI=1S/C20H22N4O3/c1-26-19-9-8-14-5-2-3-7-16(14)17(19)11-21-20(25)18-13-24(23-22-18)12-15-6-4-10-27-15/h2-3,5,7-9,13,15H,4,6,10-12H2,1H3,(H,21,25)/t15-/m1/s1. The van der Waals surface area contributed by atoms with Crippen LogP contribution in [0.5, 0.6) is 5.75 Å². The van der Waals surface area contributed by atoms with Gasteiger partial charge in [0.15, 0.2) is 5.69 Å². The topological polar surface area (TPSA) is 78.3 Å². The Bertz CT molecular complexity index is 947. The molecular weight excluding hydrogens is 344 g/mol. The van der Waals surface area contributed by atoms with Gasteiger partial charge in [0.05, 0.1) is 26.0 Å². The molecule has 0 radical (unpaired) electrons. The number of ether oxygens (including phenoxy) is 2. The van der Waals surface area contributed by atoms with Crippen LogP contribution < -0.4 is 10.1 Å². The summed E-state index contributed by atoms with van der Waals surface area (Å²) in [6, 6.07) is 12.0. The molecule has 4 rings (SSSR count).